The minimum absolute atomic E-state index is 0. The van der Waals surface area contributed by atoms with Crippen LogP contribution in [-0.2, 0) is 4.79 Å². The molecule has 0 bridgehead atoms. The topological polar surface area (TPSA) is 55.6 Å². The smallest absolute Gasteiger partial charge is 0.224 e. The normalized spacial score (nSPS) is 11.4. The number of nitrogens with zero attached hydrogens (tertiary/aromatic N) is 1. The number of benzene rings is 2. The molecule has 0 radical (unpaired) electrons. The number of hydrogen-bond acceptors (Lipinski definition) is 3. The molecular formula is C20H27ClN2O2. The van der Waals surface area contributed by atoms with Crippen LogP contribution in [0.5, 0.6) is 5.75 Å². The maximum Gasteiger partial charge on any atom is 0.224 e. The Hall–Kier alpha value is -2.04. The molecule has 136 valence electrons. The van der Waals surface area contributed by atoms with Gasteiger partial charge in [-0.05, 0) is 42.7 Å². The van der Waals surface area contributed by atoms with Crippen molar-refractivity contribution in [3.8, 4) is 16.9 Å². The van der Waals surface area contributed by atoms with E-state index in [9.17, 15) is 4.79 Å². The van der Waals surface area contributed by atoms with E-state index in [2.05, 4.69) is 37.3 Å². The molecule has 0 fully saturated rings. The van der Waals surface area contributed by atoms with Gasteiger partial charge in [0.25, 0.3) is 0 Å². The molecule has 1 amide bonds. The monoisotopic (exact) mass is 362 g/mol. The fraction of sp³-hybridized carbons (Fsp3) is 0.350. The van der Waals surface area contributed by atoms with E-state index in [1.54, 1.807) is 7.11 Å². The first-order valence-corrected chi connectivity index (χ1v) is 8.34. The second kappa shape index (κ2) is 10.1. The maximum absolute atomic E-state index is 12.2. The number of amides is 1. The highest BCUT2D eigenvalue weighted by molar-refractivity contribution is 5.85. The number of nitrogens with two attached hydrogens (primary N) is 1. The Morgan fingerprint density at radius 1 is 1.16 bits per heavy atom. The van der Waals surface area contributed by atoms with Gasteiger partial charge in [-0.15, -0.1) is 12.4 Å². The standard InChI is InChI=1S/C20H26N2O2.ClH/c1-4-22(20(23)12-13-21)15(2)16-8-10-17(11-9-16)18-6-5-7-19(14-18)24-3;/h5-11,14-15H,4,12-13,21H2,1-3H3;1H. The van der Waals surface area contributed by atoms with E-state index in [0.717, 1.165) is 22.4 Å². The number of rotatable bonds is 7. The molecule has 0 aromatic heterocycles. The number of carbonyl (C=O) groups is 1. The Kier molecular flexibility index (Phi) is 8.46. The summed E-state index contributed by atoms with van der Waals surface area (Å²) in [5.74, 6) is 0.943. The number of hydrogen-bond donors (Lipinski definition) is 1. The van der Waals surface area contributed by atoms with Crippen LogP contribution in [0, 0.1) is 0 Å². The lowest BCUT2D eigenvalue weighted by molar-refractivity contribution is -0.132. The van der Waals surface area contributed by atoms with Gasteiger partial charge in [0.2, 0.25) is 5.91 Å². The van der Waals surface area contributed by atoms with Crippen molar-refractivity contribution in [2.45, 2.75) is 26.3 Å². The molecule has 4 nitrogen and oxygen atoms in total. The summed E-state index contributed by atoms with van der Waals surface area (Å²) in [6.45, 7) is 5.11. The molecule has 2 rings (SSSR count). The Labute approximate surface area is 156 Å². The van der Waals surface area contributed by atoms with Crippen molar-refractivity contribution in [3.63, 3.8) is 0 Å². The molecule has 2 N–H and O–H groups in total. The van der Waals surface area contributed by atoms with Crippen molar-refractivity contribution in [1.82, 2.24) is 4.90 Å². The van der Waals surface area contributed by atoms with Gasteiger partial charge in [-0.3, -0.25) is 4.79 Å². The van der Waals surface area contributed by atoms with Crippen molar-refractivity contribution in [1.29, 1.82) is 0 Å². The quantitative estimate of drug-likeness (QED) is 0.808. The molecule has 25 heavy (non-hydrogen) atoms. The fourth-order valence-corrected chi connectivity index (χ4v) is 2.87. The summed E-state index contributed by atoms with van der Waals surface area (Å²) in [6.07, 6.45) is 0.389. The summed E-state index contributed by atoms with van der Waals surface area (Å²) in [6, 6.07) is 16.4. The van der Waals surface area contributed by atoms with Crippen LogP contribution in [0.4, 0.5) is 0 Å². The predicted octanol–water partition coefficient (Wildman–Crippen LogP) is 4.04. The number of halogens is 1. The molecule has 5 heteroatoms. The summed E-state index contributed by atoms with van der Waals surface area (Å²) in [7, 11) is 1.67. The number of methoxy groups -OCH3 is 1. The fourth-order valence-electron chi connectivity index (χ4n) is 2.87. The lowest BCUT2D eigenvalue weighted by atomic mass is 10.0. The summed E-state index contributed by atoms with van der Waals surface area (Å²) in [5.41, 5.74) is 8.87. The molecule has 0 aliphatic rings. The van der Waals surface area contributed by atoms with Crippen LogP contribution in [0.3, 0.4) is 0 Å². The molecule has 0 heterocycles. The Balaban J connectivity index is 0.00000312. The van der Waals surface area contributed by atoms with Crippen LogP contribution in [0.15, 0.2) is 48.5 Å². The van der Waals surface area contributed by atoms with E-state index in [1.165, 1.54) is 0 Å². The van der Waals surface area contributed by atoms with Crippen LogP contribution >= 0.6 is 12.4 Å². The molecule has 0 spiro atoms. The third kappa shape index (κ3) is 5.21. The summed E-state index contributed by atoms with van der Waals surface area (Å²) < 4.78 is 5.28. The molecule has 0 saturated heterocycles. The number of carbonyl (C=O) groups excluding carboxylic acids is 1. The summed E-state index contributed by atoms with van der Waals surface area (Å²) in [5, 5.41) is 0. The van der Waals surface area contributed by atoms with Gasteiger partial charge in [-0.2, -0.15) is 0 Å². The zero-order chi connectivity index (χ0) is 17.5. The Morgan fingerprint density at radius 2 is 1.84 bits per heavy atom. The average Bonchev–Trinajstić information content (AvgIpc) is 2.62. The third-order valence-electron chi connectivity index (χ3n) is 4.28. The lowest BCUT2D eigenvalue weighted by Gasteiger charge is -2.28. The van der Waals surface area contributed by atoms with Crippen LogP contribution in [-0.4, -0.2) is 31.0 Å². The SMILES string of the molecule is CCN(C(=O)CCN)C(C)c1ccc(-c2cccc(OC)c2)cc1.Cl. The van der Waals surface area contributed by atoms with E-state index < -0.39 is 0 Å². The molecule has 0 aliphatic heterocycles. The third-order valence-corrected chi connectivity index (χ3v) is 4.28. The van der Waals surface area contributed by atoms with Crippen molar-refractivity contribution >= 4 is 18.3 Å². The molecule has 2 aromatic carbocycles. The van der Waals surface area contributed by atoms with E-state index in [1.807, 2.05) is 30.0 Å². The lowest BCUT2D eigenvalue weighted by Crippen LogP contribution is -2.34. The highest BCUT2D eigenvalue weighted by Crippen LogP contribution is 2.27. The molecule has 0 aliphatic carbocycles. The number of ether oxygens (including phenoxy) is 1. The highest BCUT2D eigenvalue weighted by Gasteiger charge is 2.19. The highest BCUT2D eigenvalue weighted by atomic mass is 35.5. The van der Waals surface area contributed by atoms with Gasteiger partial charge in [-0.1, -0.05) is 36.4 Å². The maximum atomic E-state index is 12.2. The first-order chi connectivity index (χ1) is 11.6. The molecule has 1 atom stereocenters. The van der Waals surface area contributed by atoms with Crippen LogP contribution in [0.2, 0.25) is 0 Å². The largest absolute Gasteiger partial charge is 0.497 e. The second-order valence-corrected chi connectivity index (χ2v) is 5.75. The average molecular weight is 363 g/mol. The van der Waals surface area contributed by atoms with Crippen molar-refractivity contribution in [2.24, 2.45) is 5.73 Å². The zero-order valence-electron chi connectivity index (χ0n) is 15.1. The van der Waals surface area contributed by atoms with Gasteiger partial charge in [0.05, 0.1) is 13.2 Å². The minimum Gasteiger partial charge on any atom is -0.497 e. The molecule has 0 saturated carbocycles. The van der Waals surface area contributed by atoms with Gasteiger partial charge < -0.3 is 15.4 Å². The van der Waals surface area contributed by atoms with Gasteiger partial charge in [0.15, 0.2) is 0 Å². The minimum atomic E-state index is 0. The van der Waals surface area contributed by atoms with Crippen LogP contribution in [0.1, 0.15) is 31.9 Å². The molecule has 1 unspecified atom stereocenters. The van der Waals surface area contributed by atoms with Crippen molar-refractivity contribution < 1.29 is 9.53 Å². The molecule has 2 aromatic rings. The zero-order valence-corrected chi connectivity index (χ0v) is 15.9. The Morgan fingerprint density at radius 3 is 2.40 bits per heavy atom. The first kappa shape index (κ1) is 21.0. The van der Waals surface area contributed by atoms with Crippen molar-refractivity contribution in [2.75, 3.05) is 20.2 Å². The van der Waals surface area contributed by atoms with Gasteiger partial charge in [-0.25, -0.2) is 0 Å². The van der Waals surface area contributed by atoms with E-state index in [0.29, 0.717) is 19.5 Å². The van der Waals surface area contributed by atoms with E-state index in [-0.39, 0.29) is 24.4 Å². The van der Waals surface area contributed by atoms with E-state index in [4.69, 9.17) is 10.5 Å². The second-order valence-electron chi connectivity index (χ2n) is 5.75. The summed E-state index contributed by atoms with van der Waals surface area (Å²) >= 11 is 0. The molecular weight excluding hydrogens is 336 g/mol. The van der Waals surface area contributed by atoms with Crippen LogP contribution in [0.25, 0.3) is 11.1 Å². The predicted molar refractivity (Wildman–Crippen MR) is 105 cm³/mol. The Bertz CT molecular complexity index is 674. The van der Waals surface area contributed by atoms with E-state index >= 15 is 0 Å². The van der Waals surface area contributed by atoms with Crippen molar-refractivity contribution in [3.05, 3.63) is 54.1 Å². The summed E-state index contributed by atoms with van der Waals surface area (Å²) in [4.78, 5) is 14.0. The van der Waals surface area contributed by atoms with Gasteiger partial charge in [0.1, 0.15) is 5.75 Å². The van der Waals surface area contributed by atoms with Crippen LogP contribution < -0.4 is 10.5 Å². The van der Waals surface area contributed by atoms with Gasteiger partial charge in [0, 0.05) is 19.5 Å². The first-order valence-electron chi connectivity index (χ1n) is 8.34. The van der Waals surface area contributed by atoms with Gasteiger partial charge >= 0.3 is 0 Å².